The first-order valence-electron chi connectivity index (χ1n) is 6.38. The lowest BCUT2D eigenvalue weighted by atomic mass is 9.49. The highest BCUT2D eigenvalue weighted by atomic mass is 16.3. The Bertz CT molecular complexity index is 271. The van der Waals surface area contributed by atoms with Crippen molar-refractivity contribution in [2.75, 3.05) is 0 Å². The van der Waals surface area contributed by atoms with Gasteiger partial charge in [-0.15, -0.1) is 12.3 Å². The van der Waals surface area contributed by atoms with Crippen molar-refractivity contribution in [1.29, 1.82) is 0 Å². The zero-order valence-electron chi connectivity index (χ0n) is 9.28. The third-order valence-corrected chi connectivity index (χ3v) is 5.22. The van der Waals surface area contributed by atoms with E-state index in [4.69, 9.17) is 6.42 Å². The molecule has 15 heavy (non-hydrogen) atoms. The summed E-state index contributed by atoms with van der Waals surface area (Å²) in [5.41, 5.74) is -0.389. The fraction of sp³-hybridized carbons (Fsp3) is 0.857. The Morgan fingerprint density at radius 3 is 2.07 bits per heavy atom. The summed E-state index contributed by atoms with van der Waals surface area (Å²) in [6.07, 6.45) is 13.5. The maximum Gasteiger partial charge on any atom is 0.0713 e. The first kappa shape index (κ1) is 9.73. The van der Waals surface area contributed by atoms with E-state index in [-0.39, 0.29) is 5.60 Å². The molecule has 4 bridgehead atoms. The van der Waals surface area contributed by atoms with Crippen molar-refractivity contribution in [3.8, 4) is 12.3 Å². The molecule has 0 aliphatic heterocycles. The molecule has 4 rings (SSSR count). The first-order chi connectivity index (χ1) is 7.22. The normalized spacial score (nSPS) is 51.7. The summed E-state index contributed by atoms with van der Waals surface area (Å²) in [4.78, 5) is 0. The first-order valence-corrected chi connectivity index (χ1v) is 6.38. The molecule has 0 radical (unpaired) electrons. The molecule has 0 spiro atoms. The van der Waals surface area contributed by atoms with Crippen LogP contribution < -0.4 is 0 Å². The van der Waals surface area contributed by atoms with Crippen LogP contribution in [-0.4, -0.2) is 10.7 Å². The lowest BCUT2D eigenvalue weighted by molar-refractivity contribution is -0.175. The van der Waals surface area contributed by atoms with E-state index in [1.54, 1.807) is 0 Å². The molecular formula is C14H20O. The van der Waals surface area contributed by atoms with Gasteiger partial charge in [0, 0.05) is 6.42 Å². The van der Waals surface area contributed by atoms with Gasteiger partial charge in [-0.05, 0) is 62.2 Å². The van der Waals surface area contributed by atoms with Crippen LogP contribution in [0.4, 0.5) is 0 Å². The molecule has 0 aromatic rings. The fourth-order valence-electron chi connectivity index (χ4n) is 4.68. The van der Waals surface area contributed by atoms with E-state index in [1.807, 2.05) is 0 Å². The van der Waals surface area contributed by atoms with Crippen LogP contribution in [0, 0.1) is 36.0 Å². The molecule has 1 N–H and O–H groups in total. The van der Waals surface area contributed by atoms with Crippen LogP contribution in [0.1, 0.15) is 44.9 Å². The Morgan fingerprint density at radius 1 is 1.07 bits per heavy atom. The van der Waals surface area contributed by atoms with Crippen LogP contribution in [0.3, 0.4) is 0 Å². The topological polar surface area (TPSA) is 20.2 Å². The van der Waals surface area contributed by atoms with Crippen molar-refractivity contribution in [3.05, 3.63) is 0 Å². The van der Waals surface area contributed by atoms with E-state index in [2.05, 4.69) is 5.92 Å². The molecule has 1 nitrogen and oxygen atoms in total. The second-order valence-electron chi connectivity index (χ2n) is 6.00. The molecule has 0 heterocycles. The Labute approximate surface area is 92.3 Å². The molecule has 0 atom stereocenters. The average Bonchev–Trinajstić information content (AvgIpc) is 2.22. The minimum Gasteiger partial charge on any atom is -0.389 e. The lowest BCUT2D eigenvalue weighted by Gasteiger charge is -2.59. The van der Waals surface area contributed by atoms with Gasteiger partial charge in [0.05, 0.1) is 5.60 Å². The Hall–Kier alpha value is -0.480. The number of rotatable bonds is 2. The molecule has 4 aliphatic rings. The molecule has 0 saturated heterocycles. The summed E-state index contributed by atoms with van der Waals surface area (Å²) in [6.45, 7) is 0. The highest BCUT2D eigenvalue weighted by Crippen LogP contribution is 2.59. The van der Waals surface area contributed by atoms with Crippen molar-refractivity contribution >= 4 is 0 Å². The van der Waals surface area contributed by atoms with Crippen molar-refractivity contribution in [2.45, 2.75) is 50.5 Å². The SMILES string of the molecule is C#CCCC1(O)C2CC3CC(C2)CC1C3. The highest BCUT2D eigenvalue weighted by Gasteiger charge is 2.55. The summed E-state index contributed by atoms with van der Waals surface area (Å²) in [6, 6.07) is 0. The predicted molar refractivity (Wildman–Crippen MR) is 60.1 cm³/mol. The zero-order valence-corrected chi connectivity index (χ0v) is 9.28. The molecule has 4 fully saturated rings. The van der Waals surface area contributed by atoms with E-state index in [1.165, 1.54) is 32.1 Å². The van der Waals surface area contributed by atoms with E-state index >= 15 is 0 Å². The van der Waals surface area contributed by atoms with Gasteiger partial charge in [0.1, 0.15) is 0 Å². The monoisotopic (exact) mass is 204 g/mol. The van der Waals surface area contributed by atoms with Gasteiger partial charge in [-0.25, -0.2) is 0 Å². The van der Waals surface area contributed by atoms with Crippen LogP contribution in [0.15, 0.2) is 0 Å². The number of hydrogen-bond donors (Lipinski definition) is 1. The average molecular weight is 204 g/mol. The summed E-state index contributed by atoms with van der Waals surface area (Å²) in [7, 11) is 0. The maximum atomic E-state index is 10.8. The Kier molecular flexibility index (Phi) is 2.11. The lowest BCUT2D eigenvalue weighted by Crippen LogP contribution is -2.57. The van der Waals surface area contributed by atoms with Crippen LogP contribution >= 0.6 is 0 Å². The molecule has 1 heteroatoms. The quantitative estimate of drug-likeness (QED) is 0.685. The highest BCUT2D eigenvalue weighted by molar-refractivity contribution is 5.07. The summed E-state index contributed by atoms with van der Waals surface area (Å²) in [5, 5.41) is 10.8. The van der Waals surface area contributed by atoms with E-state index in [9.17, 15) is 5.11 Å². The van der Waals surface area contributed by atoms with Crippen molar-refractivity contribution in [1.82, 2.24) is 0 Å². The smallest absolute Gasteiger partial charge is 0.0713 e. The molecule has 0 unspecified atom stereocenters. The van der Waals surface area contributed by atoms with Gasteiger partial charge in [0.25, 0.3) is 0 Å². The van der Waals surface area contributed by atoms with Gasteiger partial charge in [-0.3, -0.25) is 0 Å². The molecule has 4 aliphatic carbocycles. The largest absolute Gasteiger partial charge is 0.389 e. The van der Waals surface area contributed by atoms with E-state index in [0.717, 1.165) is 24.7 Å². The van der Waals surface area contributed by atoms with Crippen LogP contribution in [0.25, 0.3) is 0 Å². The van der Waals surface area contributed by atoms with Crippen LogP contribution in [0.5, 0.6) is 0 Å². The third-order valence-electron chi connectivity index (χ3n) is 5.22. The predicted octanol–water partition coefficient (Wildman–Crippen LogP) is 2.59. The Morgan fingerprint density at radius 2 is 1.60 bits per heavy atom. The van der Waals surface area contributed by atoms with E-state index in [0.29, 0.717) is 11.8 Å². The van der Waals surface area contributed by atoms with E-state index < -0.39 is 0 Å². The summed E-state index contributed by atoms with van der Waals surface area (Å²) < 4.78 is 0. The molecule has 0 amide bonds. The van der Waals surface area contributed by atoms with Gasteiger partial charge < -0.3 is 5.11 Å². The van der Waals surface area contributed by atoms with Gasteiger partial charge in [-0.2, -0.15) is 0 Å². The second kappa shape index (κ2) is 3.25. The zero-order chi connectivity index (χ0) is 10.5. The van der Waals surface area contributed by atoms with Gasteiger partial charge in [0.15, 0.2) is 0 Å². The van der Waals surface area contributed by atoms with Gasteiger partial charge in [-0.1, -0.05) is 0 Å². The van der Waals surface area contributed by atoms with Crippen molar-refractivity contribution in [2.24, 2.45) is 23.7 Å². The van der Waals surface area contributed by atoms with Gasteiger partial charge >= 0.3 is 0 Å². The number of aliphatic hydroxyl groups is 1. The maximum absolute atomic E-state index is 10.8. The van der Waals surface area contributed by atoms with Crippen LogP contribution in [-0.2, 0) is 0 Å². The molecule has 4 saturated carbocycles. The molecule has 0 aromatic carbocycles. The van der Waals surface area contributed by atoms with Gasteiger partial charge in [0.2, 0.25) is 0 Å². The molecular weight excluding hydrogens is 184 g/mol. The Balaban J connectivity index is 1.82. The minimum absolute atomic E-state index is 0.389. The van der Waals surface area contributed by atoms with Crippen LogP contribution in [0.2, 0.25) is 0 Å². The van der Waals surface area contributed by atoms with Crippen molar-refractivity contribution < 1.29 is 5.11 Å². The second-order valence-corrected chi connectivity index (χ2v) is 6.00. The number of terminal acetylenes is 1. The minimum atomic E-state index is -0.389. The fourth-order valence-corrected chi connectivity index (χ4v) is 4.68. The summed E-state index contributed by atoms with van der Waals surface area (Å²) >= 11 is 0. The summed E-state index contributed by atoms with van der Waals surface area (Å²) in [5.74, 6) is 5.69. The standard InChI is InChI=1S/C14H20O/c1-2-3-4-14(15)12-6-10-5-11(8-12)9-13(14)7-10/h1,10-13,15H,3-9H2. The third kappa shape index (κ3) is 1.35. The molecule has 0 aromatic heterocycles. The van der Waals surface area contributed by atoms with Crippen molar-refractivity contribution in [3.63, 3.8) is 0 Å². The molecule has 82 valence electrons. The number of hydrogen-bond acceptors (Lipinski definition) is 1.